The zero-order valence-corrected chi connectivity index (χ0v) is 15.2. The molecule has 8 heteroatoms. The lowest BCUT2D eigenvalue weighted by molar-refractivity contribution is -0.175. The van der Waals surface area contributed by atoms with Gasteiger partial charge >= 0.3 is 18.1 Å². The van der Waals surface area contributed by atoms with Gasteiger partial charge in [-0.2, -0.15) is 13.2 Å². The lowest BCUT2D eigenvalue weighted by Gasteiger charge is -2.25. The maximum atomic E-state index is 12.6. The van der Waals surface area contributed by atoms with Gasteiger partial charge in [0.15, 0.2) is 0 Å². The van der Waals surface area contributed by atoms with Crippen LogP contribution >= 0.6 is 11.8 Å². The largest absolute Gasteiger partial charge is 0.480 e. The summed E-state index contributed by atoms with van der Waals surface area (Å²) in [6.45, 7) is 1.93. The number of carbonyl (C=O) groups excluding carboxylic acids is 1. The van der Waals surface area contributed by atoms with Crippen LogP contribution in [0, 0.1) is 6.92 Å². The SMILES string of the molecule is Cc1ccc(CS[C@@H](c2ccccc2)[C@H](NC(=O)C(F)(F)F)C(=O)O)cc1. The van der Waals surface area contributed by atoms with Crippen LogP contribution in [0.1, 0.15) is 21.9 Å². The van der Waals surface area contributed by atoms with E-state index in [1.807, 2.05) is 31.2 Å². The number of carbonyl (C=O) groups is 2. The fourth-order valence-corrected chi connectivity index (χ4v) is 3.68. The van der Waals surface area contributed by atoms with Crippen molar-refractivity contribution in [2.75, 3.05) is 0 Å². The van der Waals surface area contributed by atoms with Crippen LogP contribution < -0.4 is 5.32 Å². The molecule has 2 aromatic carbocycles. The molecule has 2 rings (SSSR count). The van der Waals surface area contributed by atoms with Crippen molar-refractivity contribution < 1.29 is 27.9 Å². The average molecular weight is 397 g/mol. The van der Waals surface area contributed by atoms with E-state index in [0.29, 0.717) is 11.3 Å². The molecule has 0 radical (unpaired) electrons. The first-order valence-corrected chi connectivity index (χ1v) is 9.06. The van der Waals surface area contributed by atoms with Gasteiger partial charge in [0, 0.05) is 5.75 Å². The zero-order chi connectivity index (χ0) is 20.0. The Morgan fingerprint density at radius 3 is 2.19 bits per heavy atom. The highest BCUT2D eigenvalue weighted by molar-refractivity contribution is 7.98. The van der Waals surface area contributed by atoms with Crippen LogP contribution in [0.4, 0.5) is 13.2 Å². The lowest BCUT2D eigenvalue weighted by atomic mass is 10.1. The number of thioether (sulfide) groups is 1. The number of carboxylic acid groups (broad SMARTS) is 1. The number of carboxylic acids is 1. The summed E-state index contributed by atoms with van der Waals surface area (Å²) >= 11 is 1.16. The fraction of sp³-hybridized carbons (Fsp3) is 0.263. The fourth-order valence-electron chi connectivity index (χ4n) is 2.39. The molecular formula is C19H18F3NO3S. The topological polar surface area (TPSA) is 66.4 Å². The van der Waals surface area contributed by atoms with Crippen molar-refractivity contribution in [3.05, 3.63) is 71.3 Å². The van der Waals surface area contributed by atoms with Gasteiger partial charge in [0.2, 0.25) is 0 Å². The van der Waals surface area contributed by atoms with Crippen molar-refractivity contribution in [3.63, 3.8) is 0 Å². The van der Waals surface area contributed by atoms with E-state index in [2.05, 4.69) is 0 Å². The summed E-state index contributed by atoms with van der Waals surface area (Å²) in [7, 11) is 0. The normalized spacial score (nSPS) is 13.6. The second-order valence-electron chi connectivity index (χ2n) is 5.92. The summed E-state index contributed by atoms with van der Waals surface area (Å²) in [5.41, 5.74) is 2.48. The first kappa shape index (κ1) is 20.8. The Hall–Kier alpha value is -2.48. The average Bonchev–Trinajstić information content (AvgIpc) is 2.62. The van der Waals surface area contributed by atoms with E-state index in [-0.39, 0.29) is 0 Å². The zero-order valence-electron chi connectivity index (χ0n) is 14.4. The van der Waals surface area contributed by atoms with Crippen molar-refractivity contribution in [2.45, 2.75) is 30.1 Å². The van der Waals surface area contributed by atoms with Crippen LogP contribution in [0.15, 0.2) is 54.6 Å². The highest BCUT2D eigenvalue weighted by Crippen LogP contribution is 2.35. The number of rotatable bonds is 7. The summed E-state index contributed by atoms with van der Waals surface area (Å²) < 4.78 is 37.8. The Bertz CT molecular complexity index is 779. The van der Waals surface area contributed by atoms with Crippen LogP contribution in [-0.4, -0.2) is 29.2 Å². The van der Waals surface area contributed by atoms with Crippen molar-refractivity contribution in [2.24, 2.45) is 0 Å². The van der Waals surface area contributed by atoms with Gasteiger partial charge in [-0.05, 0) is 18.1 Å². The first-order chi connectivity index (χ1) is 12.7. The van der Waals surface area contributed by atoms with Crippen LogP contribution in [0.25, 0.3) is 0 Å². The molecule has 0 saturated heterocycles. The van der Waals surface area contributed by atoms with E-state index < -0.39 is 29.3 Å². The molecular weight excluding hydrogens is 379 g/mol. The molecule has 0 saturated carbocycles. The number of aryl methyl sites for hydroxylation is 1. The minimum Gasteiger partial charge on any atom is -0.480 e. The van der Waals surface area contributed by atoms with Crippen molar-refractivity contribution in [3.8, 4) is 0 Å². The van der Waals surface area contributed by atoms with Gasteiger partial charge in [0.1, 0.15) is 6.04 Å². The van der Waals surface area contributed by atoms with E-state index in [0.717, 1.165) is 22.9 Å². The molecule has 2 aromatic rings. The molecule has 0 unspecified atom stereocenters. The van der Waals surface area contributed by atoms with E-state index in [1.54, 1.807) is 35.6 Å². The van der Waals surface area contributed by atoms with E-state index in [1.165, 1.54) is 0 Å². The van der Waals surface area contributed by atoms with Crippen LogP contribution in [0.2, 0.25) is 0 Å². The predicted octanol–water partition coefficient (Wildman–Crippen LogP) is 4.10. The number of amides is 1. The molecule has 0 bridgehead atoms. The molecule has 0 spiro atoms. The van der Waals surface area contributed by atoms with E-state index >= 15 is 0 Å². The van der Waals surface area contributed by atoms with Crippen molar-refractivity contribution in [1.29, 1.82) is 0 Å². The standard InChI is InChI=1S/C19H18F3NO3S/c1-12-7-9-13(10-8-12)11-27-16(14-5-3-2-4-6-14)15(17(24)25)23-18(26)19(20,21)22/h2-10,15-16H,11H2,1H3,(H,23,26)(H,24,25)/t15-,16-/m0/s1. The monoisotopic (exact) mass is 397 g/mol. The summed E-state index contributed by atoms with van der Waals surface area (Å²) in [5.74, 6) is -3.42. The molecule has 0 aliphatic heterocycles. The number of halogens is 3. The summed E-state index contributed by atoms with van der Waals surface area (Å²) in [6, 6.07) is 14.1. The van der Waals surface area contributed by atoms with Gasteiger partial charge in [0.25, 0.3) is 0 Å². The molecule has 0 heterocycles. The molecule has 2 atom stereocenters. The number of nitrogens with one attached hydrogen (secondary N) is 1. The number of hydrogen-bond donors (Lipinski definition) is 2. The molecule has 0 aliphatic rings. The van der Waals surface area contributed by atoms with Gasteiger partial charge in [-0.1, -0.05) is 60.2 Å². The second-order valence-corrected chi connectivity index (χ2v) is 7.04. The summed E-state index contributed by atoms with van der Waals surface area (Å²) in [6.07, 6.45) is -5.16. The Morgan fingerprint density at radius 1 is 1.07 bits per heavy atom. The van der Waals surface area contributed by atoms with E-state index in [9.17, 15) is 27.9 Å². The summed E-state index contributed by atoms with van der Waals surface area (Å²) in [5, 5.41) is 10.2. The second kappa shape index (κ2) is 8.94. The molecule has 0 fully saturated rings. The predicted molar refractivity (Wildman–Crippen MR) is 97.3 cm³/mol. The highest BCUT2D eigenvalue weighted by Gasteiger charge is 2.43. The van der Waals surface area contributed by atoms with Crippen molar-refractivity contribution >= 4 is 23.6 Å². The quantitative estimate of drug-likeness (QED) is 0.738. The van der Waals surface area contributed by atoms with Crippen LogP contribution in [0.5, 0.6) is 0 Å². The van der Waals surface area contributed by atoms with Crippen LogP contribution in [-0.2, 0) is 15.3 Å². The Kier molecular flexibility index (Phi) is 6.90. The third-order valence-electron chi connectivity index (χ3n) is 3.79. The maximum Gasteiger partial charge on any atom is 0.471 e. The molecule has 1 amide bonds. The van der Waals surface area contributed by atoms with Gasteiger partial charge in [-0.25, -0.2) is 4.79 Å². The maximum absolute atomic E-state index is 12.6. The van der Waals surface area contributed by atoms with Gasteiger partial charge in [-0.15, -0.1) is 11.8 Å². The minimum absolute atomic E-state index is 0.380. The Balaban J connectivity index is 2.27. The third-order valence-corrected chi connectivity index (χ3v) is 5.19. The first-order valence-electron chi connectivity index (χ1n) is 8.01. The highest BCUT2D eigenvalue weighted by atomic mass is 32.2. The summed E-state index contributed by atoms with van der Waals surface area (Å²) in [4.78, 5) is 23.0. The number of alkyl halides is 3. The number of benzene rings is 2. The van der Waals surface area contributed by atoms with Gasteiger partial charge in [-0.3, -0.25) is 4.79 Å². The molecule has 2 N–H and O–H groups in total. The lowest BCUT2D eigenvalue weighted by Crippen LogP contribution is -2.49. The Labute approximate surface area is 158 Å². The molecule has 4 nitrogen and oxygen atoms in total. The third kappa shape index (κ3) is 6.02. The smallest absolute Gasteiger partial charge is 0.471 e. The van der Waals surface area contributed by atoms with Crippen molar-refractivity contribution in [1.82, 2.24) is 5.32 Å². The molecule has 144 valence electrons. The van der Waals surface area contributed by atoms with E-state index in [4.69, 9.17) is 0 Å². The van der Waals surface area contributed by atoms with Gasteiger partial charge in [0.05, 0.1) is 5.25 Å². The Morgan fingerprint density at radius 2 is 1.67 bits per heavy atom. The van der Waals surface area contributed by atoms with Gasteiger partial charge < -0.3 is 10.4 Å². The molecule has 0 aliphatic carbocycles. The molecule has 27 heavy (non-hydrogen) atoms. The molecule has 0 aromatic heterocycles. The number of aliphatic carboxylic acids is 1. The minimum atomic E-state index is -5.16. The number of hydrogen-bond acceptors (Lipinski definition) is 3. The van der Waals surface area contributed by atoms with Crippen LogP contribution in [0.3, 0.4) is 0 Å².